The lowest BCUT2D eigenvalue weighted by molar-refractivity contribution is -0.387. The average Bonchev–Trinajstić information content (AvgIpc) is 3.05. The zero-order chi connectivity index (χ0) is 24.6. The minimum atomic E-state index is -4.62. The minimum absolute atomic E-state index is 0.00250. The number of nitrogens with zero attached hydrogens (tertiary/aromatic N) is 5. The topological polar surface area (TPSA) is 105 Å². The highest BCUT2D eigenvalue weighted by Crippen LogP contribution is 2.29. The van der Waals surface area contributed by atoms with Crippen molar-refractivity contribution in [1.29, 1.82) is 0 Å². The normalized spacial score (nSPS) is 11.7. The Morgan fingerprint density at radius 2 is 1.85 bits per heavy atom. The van der Waals surface area contributed by atoms with Gasteiger partial charge in [-0.15, -0.1) is 0 Å². The Labute approximate surface area is 188 Å². The Morgan fingerprint density at radius 3 is 2.50 bits per heavy atom. The second kappa shape index (κ2) is 8.57. The maximum Gasteiger partial charge on any atom is 0.406 e. The maximum atomic E-state index is 13.9. The largest absolute Gasteiger partial charge is 0.496 e. The van der Waals surface area contributed by atoms with Crippen LogP contribution in [0.25, 0.3) is 16.9 Å². The monoisotopic (exact) mass is 477 g/mol. The van der Waals surface area contributed by atoms with E-state index in [1.165, 1.54) is 37.6 Å². The molecule has 4 rings (SSSR count). The number of nitro groups is 1. The summed E-state index contributed by atoms with van der Waals surface area (Å²) in [5, 5.41) is 11.1. The molecule has 0 aliphatic carbocycles. The highest BCUT2D eigenvalue weighted by molar-refractivity contribution is 5.77. The van der Waals surface area contributed by atoms with Gasteiger partial charge in [0.25, 0.3) is 0 Å². The van der Waals surface area contributed by atoms with Crippen LogP contribution in [0.3, 0.4) is 0 Å². The molecule has 0 radical (unpaired) electrons. The summed E-state index contributed by atoms with van der Waals surface area (Å²) in [6.07, 6.45) is -3.46. The molecule has 0 fully saturated rings. The lowest BCUT2D eigenvalue weighted by Crippen LogP contribution is -2.29. The summed E-state index contributed by atoms with van der Waals surface area (Å²) in [6, 6.07) is 9.16. The maximum absolute atomic E-state index is 13.9. The Morgan fingerprint density at radius 1 is 1.15 bits per heavy atom. The molecule has 2 heterocycles. The number of fused-ring (bicyclic) bond motifs is 1. The number of para-hydroxylation sites is 2. The predicted octanol–water partition coefficient (Wildman–Crippen LogP) is 3.79. The third-order valence-corrected chi connectivity index (χ3v) is 4.99. The smallest absolute Gasteiger partial charge is 0.406 e. The van der Waals surface area contributed by atoms with E-state index in [9.17, 15) is 32.5 Å². The van der Waals surface area contributed by atoms with Crippen LogP contribution in [-0.4, -0.2) is 37.3 Å². The Bertz CT molecular complexity index is 1460. The summed E-state index contributed by atoms with van der Waals surface area (Å²) in [6.45, 7) is -1.48. The first-order valence-electron chi connectivity index (χ1n) is 9.69. The summed E-state index contributed by atoms with van der Waals surface area (Å²) in [4.78, 5) is 31.5. The van der Waals surface area contributed by atoms with Crippen LogP contribution in [0.1, 0.15) is 11.4 Å². The summed E-state index contributed by atoms with van der Waals surface area (Å²) in [5.74, 6) is -0.973. The molecular formula is C21H15F4N5O4. The fourth-order valence-corrected chi connectivity index (χ4v) is 3.59. The number of hydrogen-bond acceptors (Lipinski definition) is 6. The number of nitro benzene ring substituents is 1. The van der Waals surface area contributed by atoms with E-state index in [1.807, 2.05) is 0 Å². The first kappa shape index (κ1) is 22.9. The van der Waals surface area contributed by atoms with E-state index in [-0.39, 0.29) is 40.4 Å². The molecule has 0 bridgehead atoms. The molecule has 2 aromatic heterocycles. The molecule has 0 N–H and O–H groups in total. The van der Waals surface area contributed by atoms with Crippen molar-refractivity contribution in [2.45, 2.75) is 19.1 Å². The van der Waals surface area contributed by atoms with Gasteiger partial charge in [0, 0.05) is 30.3 Å². The number of benzene rings is 2. The number of alkyl halides is 3. The van der Waals surface area contributed by atoms with Gasteiger partial charge in [0.05, 0.1) is 23.1 Å². The lowest BCUT2D eigenvalue weighted by atomic mass is 10.1. The van der Waals surface area contributed by atoms with E-state index >= 15 is 0 Å². The van der Waals surface area contributed by atoms with Gasteiger partial charge in [0.2, 0.25) is 5.82 Å². The molecule has 9 nitrogen and oxygen atoms in total. The van der Waals surface area contributed by atoms with Crippen molar-refractivity contribution in [3.8, 4) is 11.6 Å². The van der Waals surface area contributed by atoms with Crippen LogP contribution in [0.2, 0.25) is 0 Å². The summed E-state index contributed by atoms with van der Waals surface area (Å²) in [5.41, 5.74) is -1.23. The van der Waals surface area contributed by atoms with Gasteiger partial charge in [-0.25, -0.2) is 19.3 Å². The van der Waals surface area contributed by atoms with E-state index in [1.54, 1.807) is 6.07 Å². The van der Waals surface area contributed by atoms with Gasteiger partial charge in [0.1, 0.15) is 23.9 Å². The molecular weight excluding hydrogens is 462 g/mol. The second-order valence-corrected chi connectivity index (χ2v) is 7.19. The molecule has 0 saturated carbocycles. The zero-order valence-corrected chi connectivity index (χ0v) is 17.4. The molecule has 34 heavy (non-hydrogen) atoms. The van der Waals surface area contributed by atoms with Crippen molar-refractivity contribution in [3.05, 3.63) is 86.5 Å². The second-order valence-electron chi connectivity index (χ2n) is 7.19. The van der Waals surface area contributed by atoms with Gasteiger partial charge in [-0.1, -0.05) is 12.1 Å². The first-order chi connectivity index (χ1) is 16.1. The predicted molar refractivity (Wildman–Crippen MR) is 112 cm³/mol. The quantitative estimate of drug-likeness (QED) is 0.238. The molecule has 2 aromatic carbocycles. The Kier molecular flexibility index (Phi) is 5.77. The summed E-state index contributed by atoms with van der Waals surface area (Å²) in [7, 11) is 1.26. The number of aromatic nitrogens is 4. The van der Waals surface area contributed by atoms with Gasteiger partial charge in [-0.05, 0) is 18.2 Å². The van der Waals surface area contributed by atoms with Gasteiger partial charge in [-0.2, -0.15) is 17.6 Å². The molecule has 0 amide bonds. The minimum Gasteiger partial charge on any atom is -0.496 e. The highest BCUT2D eigenvalue weighted by Gasteiger charge is 2.31. The van der Waals surface area contributed by atoms with Crippen molar-refractivity contribution in [2.24, 2.45) is 0 Å². The standard InChI is InChI=1S/C21H15F4N5O4/c1-34-17-10-13(22)16(30(32)33)8-12(17)9-18-26-7-6-19(27-18)29-15-5-3-2-4-14(15)28(20(29)31)11-21(23,24)25/h2-8,10H,9,11H2,1H3. The summed E-state index contributed by atoms with van der Waals surface area (Å²) >= 11 is 0. The van der Waals surface area contributed by atoms with E-state index in [2.05, 4.69) is 9.97 Å². The van der Waals surface area contributed by atoms with Crippen LogP contribution >= 0.6 is 0 Å². The fourth-order valence-electron chi connectivity index (χ4n) is 3.59. The molecule has 0 aliphatic heterocycles. The molecule has 0 atom stereocenters. The van der Waals surface area contributed by atoms with Gasteiger partial charge >= 0.3 is 17.6 Å². The van der Waals surface area contributed by atoms with E-state index < -0.39 is 34.8 Å². The molecule has 0 unspecified atom stereocenters. The first-order valence-corrected chi connectivity index (χ1v) is 9.69. The van der Waals surface area contributed by atoms with Gasteiger partial charge in [0.15, 0.2) is 0 Å². The van der Waals surface area contributed by atoms with Crippen LogP contribution in [0.15, 0.2) is 53.5 Å². The van der Waals surface area contributed by atoms with Crippen molar-refractivity contribution >= 4 is 16.7 Å². The van der Waals surface area contributed by atoms with Gasteiger partial charge < -0.3 is 4.74 Å². The number of hydrogen-bond donors (Lipinski definition) is 0. The van der Waals surface area contributed by atoms with Crippen LogP contribution in [0.5, 0.6) is 5.75 Å². The summed E-state index contributed by atoms with van der Waals surface area (Å²) < 4.78 is 59.9. The third kappa shape index (κ3) is 4.31. The van der Waals surface area contributed by atoms with Gasteiger partial charge in [-0.3, -0.25) is 14.7 Å². The molecule has 4 aromatic rings. The molecule has 0 saturated heterocycles. The average molecular weight is 477 g/mol. The van der Waals surface area contributed by atoms with Crippen molar-refractivity contribution in [3.63, 3.8) is 0 Å². The van der Waals surface area contributed by atoms with Crippen LogP contribution in [0, 0.1) is 15.9 Å². The molecule has 176 valence electrons. The Balaban J connectivity index is 1.81. The number of imidazole rings is 1. The third-order valence-electron chi connectivity index (χ3n) is 4.99. The van der Waals surface area contributed by atoms with Crippen LogP contribution in [-0.2, 0) is 13.0 Å². The van der Waals surface area contributed by atoms with Crippen molar-refractivity contribution < 1.29 is 27.2 Å². The van der Waals surface area contributed by atoms with E-state index in [0.717, 1.165) is 16.7 Å². The van der Waals surface area contributed by atoms with Crippen LogP contribution in [0.4, 0.5) is 23.2 Å². The number of ether oxygens (including phenoxy) is 1. The Hall–Kier alpha value is -4.29. The lowest BCUT2D eigenvalue weighted by Gasteiger charge is -2.09. The molecule has 0 spiro atoms. The molecule has 0 aliphatic rings. The van der Waals surface area contributed by atoms with E-state index in [4.69, 9.17) is 4.74 Å². The SMILES string of the molecule is COc1cc(F)c([N+](=O)[O-])cc1Cc1nccc(-n2c(=O)n(CC(F)(F)F)c3ccccc32)n1. The van der Waals surface area contributed by atoms with Crippen molar-refractivity contribution in [1.82, 2.24) is 19.1 Å². The molecule has 13 heteroatoms. The number of rotatable bonds is 6. The number of methoxy groups -OCH3 is 1. The van der Waals surface area contributed by atoms with Crippen LogP contribution < -0.4 is 10.4 Å². The zero-order valence-electron chi connectivity index (χ0n) is 17.4. The van der Waals surface area contributed by atoms with Crippen molar-refractivity contribution in [2.75, 3.05) is 7.11 Å². The van der Waals surface area contributed by atoms with E-state index in [0.29, 0.717) is 4.57 Å². The highest BCUT2D eigenvalue weighted by atomic mass is 19.4. The number of halogens is 4. The fraction of sp³-hybridized carbons (Fsp3) is 0.190.